The monoisotopic (exact) mass is 336 g/mol. The molecule has 0 amide bonds. The van der Waals surface area contributed by atoms with Crippen LogP contribution in [0, 0.1) is 23.7 Å². The average molecular weight is 336 g/mol. The summed E-state index contributed by atoms with van der Waals surface area (Å²) in [5, 5.41) is 0. The molecule has 0 saturated heterocycles. The van der Waals surface area contributed by atoms with Gasteiger partial charge in [0.1, 0.15) is 0 Å². The van der Waals surface area contributed by atoms with Crippen LogP contribution < -0.4 is 9.47 Å². The second-order valence-corrected chi connectivity index (χ2v) is 6.18. The van der Waals surface area contributed by atoms with E-state index in [4.69, 9.17) is 9.47 Å². The van der Waals surface area contributed by atoms with Gasteiger partial charge < -0.3 is 9.47 Å². The van der Waals surface area contributed by atoms with Gasteiger partial charge in [0, 0.05) is 24.5 Å². The van der Waals surface area contributed by atoms with Crippen molar-refractivity contribution in [1.82, 2.24) is 9.97 Å². The van der Waals surface area contributed by atoms with Gasteiger partial charge in [0.15, 0.2) is 0 Å². The van der Waals surface area contributed by atoms with Crippen molar-refractivity contribution in [3.8, 4) is 11.8 Å². The predicted octanol–water partition coefficient (Wildman–Crippen LogP) is 2.43. The van der Waals surface area contributed by atoms with Gasteiger partial charge in [-0.15, -0.1) is 0 Å². The first-order chi connectivity index (χ1) is 12.2. The molecule has 0 aromatic carbocycles. The van der Waals surface area contributed by atoms with Crippen LogP contribution in [-0.2, 0) is 9.59 Å². The Kier molecular flexibility index (Phi) is 4.01. The molecule has 6 nitrogen and oxygen atoms in total. The van der Waals surface area contributed by atoms with E-state index < -0.39 is 23.8 Å². The number of pyridine rings is 2. The third-order valence-corrected chi connectivity index (χ3v) is 4.69. The quantitative estimate of drug-likeness (QED) is 0.630. The molecule has 2 aliphatic carbocycles. The molecular weight excluding hydrogens is 320 g/mol. The first-order valence-corrected chi connectivity index (χ1v) is 8.16. The van der Waals surface area contributed by atoms with E-state index in [9.17, 15) is 9.59 Å². The van der Waals surface area contributed by atoms with E-state index in [0.717, 1.165) is 6.42 Å². The Morgan fingerprint density at radius 1 is 0.800 bits per heavy atom. The molecule has 2 aromatic heterocycles. The third kappa shape index (κ3) is 3.03. The Bertz CT molecular complexity index is 739. The molecule has 4 unspecified atom stereocenters. The van der Waals surface area contributed by atoms with Crippen LogP contribution in [0.4, 0.5) is 0 Å². The maximum atomic E-state index is 12.7. The van der Waals surface area contributed by atoms with Gasteiger partial charge in [0.2, 0.25) is 11.8 Å². The Hall–Kier alpha value is -3.02. The second kappa shape index (κ2) is 6.47. The van der Waals surface area contributed by atoms with Gasteiger partial charge in [-0.2, -0.15) is 0 Å². The standard InChI is InChI=1S/C19H16N2O4/c22-18(24-14-5-1-3-9-20-14)16-12-7-8-13(11-12)17(16)19(23)25-15-6-2-4-10-21-15/h1-10,12-13,16-17H,11H2. The first kappa shape index (κ1) is 15.5. The molecule has 4 rings (SSSR count). The Morgan fingerprint density at radius 3 is 1.68 bits per heavy atom. The summed E-state index contributed by atoms with van der Waals surface area (Å²) in [6, 6.07) is 10.2. The molecule has 1 saturated carbocycles. The fraction of sp³-hybridized carbons (Fsp3) is 0.263. The van der Waals surface area contributed by atoms with Crippen LogP contribution in [0.15, 0.2) is 60.9 Å². The highest BCUT2D eigenvalue weighted by atomic mass is 16.6. The Balaban J connectivity index is 1.52. The zero-order valence-corrected chi connectivity index (χ0v) is 13.3. The summed E-state index contributed by atoms with van der Waals surface area (Å²) in [6.07, 6.45) is 7.83. The molecule has 2 heterocycles. The molecule has 2 aromatic rings. The second-order valence-electron chi connectivity index (χ2n) is 6.18. The summed E-state index contributed by atoms with van der Waals surface area (Å²) < 4.78 is 10.7. The molecule has 0 spiro atoms. The molecule has 0 N–H and O–H groups in total. The predicted molar refractivity (Wildman–Crippen MR) is 87.5 cm³/mol. The average Bonchev–Trinajstić information content (AvgIpc) is 3.24. The number of esters is 2. The number of carbonyl (C=O) groups is 2. The van der Waals surface area contributed by atoms with Gasteiger partial charge in [0.25, 0.3) is 0 Å². The molecular formula is C19H16N2O4. The SMILES string of the molecule is O=C(Oc1ccccn1)C1C2C=CC(C2)C1C(=O)Oc1ccccn1. The smallest absolute Gasteiger partial charge is 0.317 e. The molecule has 25 heavy (non-hydrogen) atoms. The fourth-order valence-electron chi connectivity index (χ4n) is 3.62. The third-order valence-electron chi connectivity index (χ3n) is 4.69. The number of aromatic nitrogens is 2. The van der Waals surface area contributed by atoms with Gasteiger partial charge in [-0.25, -0.2) is 9.97 Å². The van der Waals surface area contributed by atoms with E-state index >= 15 is 0 Å². The molecule has 1 fully saturated rings. The lowest BCUT2D eigenvalue weighted by atomic mass is 9.83. The van der Waals surface area contributed by atoms with Crippen molar-refractivity contribution >= 4 is 11.9 Å². The minimum absolute atomic E-state index is 0.0116. The minimum atomic E-state index is -0.562. The van der Waals surface area contributed by atoms with Crippen molar-refractivity contribution in [3.63, 3.8) is 0 Å². The van der Waals surface area contributed by atoms with Crippen LogP contribution in [0.5, 0.6) is 11.8 Å². The van der Waals surface area contributed by atoms with E-state index in [1.165, 1.54) is 0 Å². The molecule has 2 bridgehead atoms. The lowest BCUT2D eigenvalue weighted by Crippen LogP contribution is -2.37. The summed E-state index contributed by atoms with van der Waals surface area (Å²) in [4.78, 5) is 33.3. The van der Waals surface area contributed by atoms with Crippen LogP contribution in [0.1, 0.15) is 6.42 Å². The van der Waals surface area contributed by atoms with Crippen molar-refractivity contribution in [1.29, 1.82) is 0 Å². The van der Waals surface area contributed by atoms with Crippen molar-refractivity contribution in [3.05, 3.63) is 60.9 Å². The normalized spacial score (nSPS) is 26.4. The molecule has 4 atom stereocenters. The van der Waals surface area contributed by atoms with E-state index in [2.05, 4.69) is 9.97 Å². The van der Waals surface area contributed by atoms with Crippen molar-refractivity contribution in [2.24, 2.45) is 23.7 Å². The molecule has 2 aliphatic rings. The Morgan fingerprint density at radius 2 is 1.28 bits per heavy atom. The van der Waals surface area contributed by atoms with Crippen LogP contribution in [0.3, 0.4) is 0 Å². The molecule has 6 heteroatoms. The van der Waals surface area contributed by atoms with Crippen molar-refractivity contribution in [2.75, 3.05) is 0 Å². The zero-order chi connectivity index (χ0) is 17.2. The van der Waals surface area contributed by atoms with E-state index in [0.29, 0.717) is 0 Å². The number of allylic oxidation sites excluding steroid dienone is 2. The van der Waals surface area contributed by atoms with Gasteiger partial charge >= 0.3 is 11.9 Å². The number of ether oxygens (including phenoxy) is 2. The number of hydrogen-bond acceptors (Lipinski definition) is 6. The van der Waals surface area contributed by atoms with Gasteiger partial charge in [-0.05, 0) is 30.4 Å². The molecule has 0 aliphatic heterocycles. The number of hydrogen-bond donors (Lipinski definition) is 0. The number of fused-ring (bicyclic) bond motifs is 2. The number of rotatable bonds is 4. The van der Waals surface area contributed by atoms with E-state index in [1.54, 1.807) is 48.8 Å². The summed E-state index contributed by atoms with van der Waals surface area (Å²) in [5.41, 5.74) is 0. The van der Waals surface area contributed by atoms with Gasteiger partial charge in [-0.1, -0.05) is 24.3 Å². The van der Waals surface area contributed by atoms with Crippen molar-refractivity contribution in [2.45, 2.75) is 6.42 Å². The van der Waals surface area contributed by atoms with E-state index in [1.807, 2.05) is 12.2 Å². The lowest BCUT2D eigenvalue weighted by molar-refractivity contribution is -0.151. The lowest BCUT2D eigenvalue weighted by Gasteiger charge is -2.24. The maximum Gasteiger partial charge on any atom is 0.317 e. The molecule has 0 radical (unpaired) electrons. The topological polar surface area (TPSA) is 78.4 Å². The van der Waals surface area contributed by atoms with Gasteiger partial charge in [-0.3, -0.25) is 9.59 Å². The van der Waals surface area contributed by atoms with Crippen molar-refractivity contribution < 1.29 is 19.1 Å². The maximum absolute atomic E-state index is 12.7. The van der Waals surface area contributed by atoms with Crippen LogP contribution in [-0.4, -0.2) is 21.9 Å². The van der Waals surface area contributed by atoms with Crippen LogP contribution in [0.2, 0.25) is 0 Å². The summed E-state index contributed by atoms with van der Waals surface area (Å²) in [7, 11) is 0. The van der Waals surface area contributed by atoms with Gasteiger partial charge in [0.05, 0.1) is 11.8 Å². The van der Waals surface area contributed by atoms with E-state index in [-0.39, 0.29) is 23.6 Å². The number of nitrogens with zero attached hydrogens (tertiary/aromatic N) is 2. The minimum Gasteiger partial charge on any atom is -0.407 e. The largest absolute Gasteiger partial charge is 0.407 e. The first-order valence-electron chi connectivity index (χ1n) is 8.16. The summed E-state index contributed by atoms with van der Waals surface area (Å²) >= 11 is 0. The molecule has 126 valence electrons. The van der Waals surface area contributed by atoms with Crippen LogP contribution in [0.25, 0.3) is 0 Å². The highest BCUT2D eigenvalue weighted by molar-refractivity contribution is 5.86. The fourth-order valence-corrected chi connectivity index (χ4v) is 3.62. The number of carbonyl (C=O) groups excluding carboxylic acids is 2. The zero-order valence-electron chi connectivity index (χ0n) is 13.3. The highest BCUT2D eigenvalue weighted by Gasteiger charge is 2.53. The summed E-state index contributed by atoms with van der Waals surface area (Å²) in [6.45, 7) is 0. The Labute approximate surface area is 144 Å². The van der Waals surface area contributed by atoms with Crippen LogP contribution >= 0.6 is 0 Å². The summed E-state index contributed by atoms with van der Waals surface area (Å²) in [5.74, 6) is -1.57. The highest BCUT2D eigenvalue weighted by Crippen LogP contribution is 2.49.